The molecule has 6 rings (SSSR count). The Morgan fingerprint density at radius 1 is 1.11 bits per heavy atom. The van der Waals surface area contributed by atoms with Gasteiger partial charge in [-0.1, -0.05) is 12.8 Å². The highest BCUT2D eigenvalue weighted by Gasteiger charge is 2.50. The predicted octanol–water partition coefficient (Wildman–Crippen LogP) is 3.13. The highest BCUT2D eigenvalue weighted by atomic mass is 16.5. The van der Waals surface area contributed by atoms with E-state index < -0.39 is 0 Å². The second-order valence-corrected chi connectivity index (χ2v) is 10.6. The maximum atomic E-state index is 12.8. The van der Waals surface area contributed by atoms with Gasteiger partial charge in [0.15, 0.2) is 17.0 Å². The summed E-state index contributed by atoms with van der Waals surface area (Å²) in [6, 6.07) is 4.01. The molecule has 3 aromatic heterocycles. The van der Waals surface area contributed by atoms with E-state index in [1.165, 1.54) is 12.8 Å². The number of hydrogen-bond acceptors (Lipinski definition) is 9. The normalized spacial score (nSPS) is 18.7. The summed E-state index contributed by atoms with van der Waals surface area (Å²) in [7, 11) is 0. The van der Waals surface area contributed by atoms with E-state index in [1.807, 2.05) is 17.3 Å². The minimum atomic E-state index is -0.0449. The zero-order valence-electron chi connectivity index (χ0n) is 21.0. The molecule has 11 nitrogen and oxygen atoms in total. The molecule has 1 saturated carbocycles. The molecule has 3 aliphatic rings. The van der Waals surface area contributed by atoms with E-state index in [1.54, 1.807) is 12.3 Å². The molecule has 3 aromatic rings. The standard InChI is InChI=1S/C26H34N8O3/c35-11-5-1-4-10-27-25-31-22(21-23(32-25)34(17-29-21)19-6-2-3-7-19)30-18-8-9-20(28-12-18)24(36)33-13-26(14-33)15-37-16-26/h8-9,12,17,19,35H,1-7,10-11,13-16H2,(H2,27,30,31,32). The van der Waals surface area contributed by atoms with Gasteiger partial charge in [0.2, 0.25) is 5.95 Å². The Morgan fingerprint density at radius 3 is 2.65 bits per heavy atom. The van der Waals surface area contributed by atoms with Crippen LogP contribution in [0, 0.1) is 5.41 Å². The Labute approximate surface area is 215 Å². The summed E-state index contributed by atoms with van der Waals surface area (Å²) in [5.41, 5.74) is 2.87. The molecule has 1 spiro atoms. The highest BCUT2D eigenvalue weighted by molar-refractivity contribution is 5.93. The Morgan fingerprint density at radius 2 is 1.95 bits per heavy atom. The quantitative estimate of drug-likeness (QED) is 0.355. The number of carbonyl (C=O) groups excluding carboxylic acids is 1. The highest BCUT2D eigenvalue weighted by Crippen LogP contribution is 2.38. The fourth-order valence-electron chi connectivity index (χ4n) is 5.52. The summed E-state index contributed by atoms with van der Waals surface area (Å²) in [6.45, 7) is 3.92. The van der Waals surface area contributed by atoms with Crippen molar-refractivity contribution in [3.8, 4) is 0 Å². The summed E-state index contributed by atoms with van der Waals surface area (Å²) in [5, 5.41) is 15.7. The van der Waals surface area contributed by atoms with E-state index in [0.29, 0.717) is 29.0 Å². The lowest BCUT2D eigenvalue weighted by Crippen LogP contribution is -2.67. The summed E-state index contributed by atoms with van der Waals surface area (Å²) < 4.78 is 7.48. The minimum Gasteiger partial charge on any atom is -0.396 e. The van der Waals surface area contributed by atoms with Crippen molar-refractivity contribution in [2.24, 2.45) is 5.41 Å². The fraction of sp³-hybridized carbons (Fsp3) is 0.577. The van der Waals surface area contributed by atoms with E-state index in [4.69, 9.17) is 19.8 Å². The van der Waals surface area contributed by atoms with E-state index >= 15 is 0 Å². The number of anilines is 3. The van der Waals surface area contributed by atoms with Crippen molar-refractivity contribution in [3.05, 3.63) is 30.4 Å². The smallest absolute Gasteiger partial charge is 0.272 e. The van der Waals surface area contributed by atoms with E-state index in [-0.39, 0.29) is 17.9 Å². The number of hydrogen-bond donors (Lipinski definition) is 3. The van der Waals surface area contributed by atoms with E-state index in [9.17, 15) is 4.79 Å². The topological polar surface area (TPSA) is 130 Å². The molecule has 0 atom stereocenters. The number of aromatic nitrogens is 5. The van der Waals surface area contributed by atoms with Gasteiger partial charge in [-0.15, -0.1) is 0 Å². The summed E-state index contributed by atoms with van der Waals surface area (Å²) in [6.07, 6.45) is 10.9. The van der Waals surface area contributed by atoms with Crippen molar-refractivity contribution < 1.29 is 14.6 Å². The maximum absolute atomic E-state index is 12.8. The number of unbranched alkanes of at least 4 members (excludes halogenated alkanes) is 2. The first-order valence-corrected chi connectivity index (χ1v) is 13.3. The minimum absolute atomic E-state index is 0.0449. The van der Waals surface area contributed by atoms with Crippen LogP contribution in [0.25, 0.3) is 11.2 Å². The summed E-state index contributed by atoms with van der Waals surface area (Å²) >= 11 is 0. The number of nitrogens with one attached hydrogen (secondary N) is 2. The van der Waals surface area contributed by atoms with Crippen LogP contribution in [0.1, 0.15) is 61.5 Å². The van der Waals surface area contributed by atoms with E-state index in [2.05, 4.69) is 25.2 Å². The largest absolute Gasteiger partial charge is 0.396 e. The number of fused-ring (bicyclic) bond motifs is 1. The van der Waals surface area contributed by atoms with Crippen LogP contribution in [0.4, 0.5) is 17.5 Å². The lowest BCUT2D eigenvalue weighted by atomic mass is 9.78. The van der Waals surface area contributed by atoms with Gasteiger partial charge in [-0.2, -0.15) is 9.97 Å². The van der Waals surface area contributed by atoms with Gasteiger partial charge < -0.3 is 29.9 Å². The van der Waals surface area contributed by atoms with Crippen molar-refractivity contribution >= 4 is 34.5 Å². The summed E-state index contributed by atoms with van der Waals surface area (Å²) in [4.78, 5) is 33.2. The number of pyridine rings is 1. The Kier molecular flexibility index (Phi) is 6.64. The number of imidazole rings is 1. The van der Waals surface area contributed by atoms with Gasteiger partial charge >= 0.3 is 0 Å². The summed E-state index contributed by atoms with van der Waals surface area (Å²) in [5.74, 6) is 1.11. The second-order valence-electron chi connectivity index (χ2n) is 10.6. The average Bonchev–Trinajstić information content (AvgIpc) is 3.53. The zero-order chi connectivity index (χ0) is 25.2. The van der Waals surface area contributed by atoms with Gasteiger partial charge in [-0.3, -0.25) is 4.79 Å². The molecule has 0 unspecified atom stereocenters. The van der Waals surface area contributed by atoms with Crippen LogP contribution < -0.4 is 10.6 Å². The molecule has 3 fully saturated rings. The van der Waals surface area contributed by atoms with Crippen LogP contribution in [0.2, 0.25) is 0 Å². The Hall–Kier alpha value is -3.31. The number of rotatable bonds is 10. The maximum Gasteiger partial charge on any atom is 0.272 e. The number of aliphatic hydroxyl groups is 1. The molecule has 5 heterocycles. The molecule has 0 radical (unpaired) electrons. The number of nitrogens with zero attached hydrogens (tertiary/aromatic N) is 6. The van der Waals surface area contributed by atoms with Crippen LogP contribution in [0.15, 0.2) is 24.7 Å². The second kappa shape index (κ2) is 10.2. The number of aliphatic hydroxyl groups excluding tert-OH is 1. The fourth-order valence-corrected chi connectivity index (χ4v) is 5.52. The van der Waals surface area contributed by atoms with Crippen molar-refractivity contribution in [1.29, 1.82) is 0 Å². The van der Waals surface area contributed by atoms with Crippen LogP contribution in [0.5, 0.6) is 0 Å². The molecule has 1 amide bonds. The Balaban J connectivity index is 1.19. The Bertz CT molecular complexity index is 1240. The number of likely N-dealkylation sites (tertiary alicyclic amines) is 1. The molecule has 3 N–H and O–H groups in total. The first-order chi connectivity index (χ1) is 18.1. The third-order valence-corrected chi connectivity index (χ3v) is 7.66. The van der Waals surface area contributed by atoms with Crippen molar-refractivity contribution in [2.75, 3.05) is 50.1 Å². The van der Waals surface area contributed by atoms with Gasteiger partial charge in [0.1, 0.15) is 5.69 Å². The molecule has 0 bridgehead atoms. The lowest BCUT2D eigenvalue weighted by Gasteiger charge is -2.54. The number of carbonyl (C=O) groups is 1. The molecule has 2 aliphatic heterocycles. The van der Waals surface area contributed by atoms with Crippen molar-refractivity contribution in [2.45, 2.75) is 51.0 Å². The average molecular weight is 507 g/mol. The van der Waals surface area contributed by atoms with Gasteiger partial charge in [0.25, 0.3) is 5.91 Å². The third kappa shape index (κ3) is 4.85. The van der Waals surface area contributed by atoms with Crippen LogP contribution >= 0.6 is 0 Å². The van der Waals surface area contributed by atoms with Gasteiger partial charge in [-0.05, 0) is 44.2 Å². The SMILES string of the molecule is O=C(c1ccc(Nc2nc(NCCCCCO)nc3c2ncn3C2CCCC2)cn1)N1CC2(COC2)C1. The van der Waals surface area contributed by atoms with E-state index in [0.717, 1.165) is 76.3 Å². The first-order valence-electron chi connectivity index (χ1n) is 13.3. The monoisotopic (exact) mass is 506 g/mol. The van der Waals surface area contributed by atoms with Crippen LogP contribution in [-0.2, 0) is 4.74 Å². The molecule has 196 valence electrons. The zero-order valence-corrected chi connectivity index (χ0v) is 21.0. The molecule has 0 aromatic carbocycles. The predicted molar refractivity (Wildman–Crippen MR) is 139 cm³/mol. The molecular formula is C26H34N8O3. The van der Waals surface area contributed by atoms with Crippen LogP contribution in [-0.4, -0.2) is 79.9 Å². The lowest BCUT2D eigenvalue weighted by molar-refractivity contribution is -0.176. The van der Waals surface area contributed by atoms with Gasteiger partial charge in [0, 0.05) is 32.3 Å². The van der Waals surface area contributed by atoms with Crippen molar-refractivity contribution in [3.63, 3.8) is 0 Å². The third-order valence-electron chi connectivity index (χ3n) is 7.66. The molecule has 11 heteroatoms. The van der Waals surface area contributed by atoms with Crippen molar-refractivity contribution in [1.82, 2.24) is 29.4 Å². The first kappa shape index (κ1) is 24.1. The number of amides is 1. The molecule has 1 aliphatic carbocycles. The number of ether oxygens (including phenoxy) is 1. The molecule has 37 heavy (non-hydrogen) atoms. The van der Waals surface area contributed by atoms with Gasteiger partial charge in [-0.25, -0.2) is 9.97 Å². The molecular weight excluding hydrogens is 472 g/mol. The van der Waals surface area contributed by atoms with Crippen LogP contribution in [0.3, 0.4) is 0 Å². The molecule has 2 saturated heterocycles. The van der Waals surface area contributed by atoms with Gasteiger partial charge in [0.05, 0.1) is 36.8 Å².